The zero-order valence-electron chi connectivity index (χ0n) is 12.0. The predicted molar refractivity (Wildman–Crippen MR) is 72.9 cm³/mol. The molecule has 1 fully saturated rings. The summed E-state index contributed by atoms with van der Waals surface area (Å²) in [5, 5.41) is 18.0. The van der Waals surface area contributed by atoms with Crippen LogP contribution in [0.5, 0.6) is 0 Å². The highest BCUT2D eigenvalue weighted by Crippen LogP contribution is 2.38. The fourth-order valence-electron chi connectivity index (χ4n) is 3.38. The third-order valence-corrected chi connectivity index (χ3v) is 4.44. The molecule has 19 heavy (non-hydrogen) atoms. The average Bonchev–Trinajstić information content (AvgIpc) is 2.34. The van der Waals surface area contributed by atoms with Crippen LogP contribution < -0.4 is 0 Å². The maximum Gasteiger partial charge on any atom is 0.307 e. The normalized spacial score (nSPS) is 20.2. The van der Waals surface area contributed by atoms with Crippen molar-refractivity contribution in [3.63, 3.8) is 0 Å². The molecule has 0 aromatic rings. The van der Waals surface area contributed by atoms with Crippen LogP contribution in [0.1, 0.15) is 58.8 Å². The van der Waals surface area contributed by atoms with Crippen molar-refractivity contribution in [2.75, 3.05) is 0 Å². The smallest absolute Gasteiger partial charge is 0.307 e. The summed E-state index contributed by atoms with van der Waals surface area (Å²) in [5.41, 5.74) is 0. The SMILES string of the molecule is CC(C)C(CC(CC(=O)O)C(=O)O)C1CCCCC1. The Kier molecular flexibility index (Phi) is 6.32. The van der Waals surface area contributed by atoms with E-state index in [4.69, 9.17) is 5.11 Å². The molecular weight excluding hydrogens is 244 g/mol. The van der Waals surface area contributed by atoms with Gasteiger partial charge in [-0.05, 0) is 24.2 Å². The van der Waals surface area contributed by atoms with Crippen LogP contribution in [0.15, 0.2) is 0 Å². The lowest BCUT2D eigenvalue weighted by Crippen LogP contribution is -2.29. The highest BCUT2D eigenvalue weighted by Gasteiger charge is 2.32. The number of rotatable bonds is 7. The molecule has 110 valence electrons. The molecule has 1 aliphatic carbocycles. The molecule has 4 nitrogen and oxygen atoms in total. The van der Waals surface area contributed by atoms with Crippen molar-refractivity contribution in [2.24, 2.45) is 23.7 Å². The molecule has 2 N–H and O–H groups in total. The van der Waals surface area contributed by atoms with Crippen LogP contribution in [0.25, 0.3) is 0 Å². The predicted octanol–water partition coefficient (Wildman–Crippen LogP) is 3.40. The standard InChI is InChI=1S/C15H26O4/c1-10(2)13(11-6-4-3-5-7-11)8-12(15(18)19)9-14(16)17/h10-13H,3-9H2,1-2H3,(H,16,17)(H,18,19). The van der Waals surface area contributed by atoms with Crippen molar-refractivity contribution in [3.05, 3.63) is 0 Å². The Balaban J connectivity index is 2.68. The molecule has 2 unspecified atom stereocenters. The van der Waals surface area contributed by atoms with Gasteiger partial charge in [0.05, 0.1) is 12.3 Å². The molecule has 0 saturated heterocycles. The fourth-order valence-corrected chi connectivity index (χ4v) is 3.38. The van der Waals surface area contributed by atoms with Crippen LogP contribution >= 0.6 is 0 Å². The topological polar surface area (TPSA) is 74.6 Å². The maximum atomic E-state index is 11.2. The van der Waals surface area contributed by atoms with Gasteiger partial charge >= 0.3 is 11.9 Å². The van der Waals surface area contributed by atoms with Gasteiger partial charge in [0.2, 0.25) is 0 Å². The Hall–Kier alpha value is -1.06. The summed E-state index contributed by atoms with van der Waals surface area (Å²) < 4.78 is 0. The van der Waals surface area contributed by atoms with Crippen molar-refractivity contribution in [1.82, 2.24) is 0 Å². The second kappa shape index (κ2) is 7.51. The second-order valence-corrected chi connectivity index (χ2v) is 6.17. The Morgan fingerprint density at radius 2 is 1.68 bits per heavy atom. The van der Waals surface area contributed by atoms with E-state index in [2.05, 4.69) is 13.8 Å². The van der Waals surface area contributed by atoms with E-state index >= 15 is 0 Å². The quantitative estimate of drug-likeness (QED) is 0.743. The molecule has 0 bridgehead atoms. The van der Waals surface area contributed by atoms with E-state index in [1.807, 2.05) is 0 Å². The van der Waals surface area contributed by atoms with Crippen LogP contribution in [0.3, 0.4) is 0 Å². The number of carbonyl (C=O) groups is 2. The lowest BCUT2D eigenvalue weighted by Gasteiger charge is -2.34. The summed E-state index contributed by atoms with van der Waals surface area (Å²) >= 11 is 0. The Bertz CT molecular complexity index is 305. The summed E-state index contributed by atoms with van der Waals surface area (Å²) in [7, 11) is 0. The zero-order valence-corrected chi connectivity index (χ0v) is 12.0. The highest BCUT2D eigenvalue weighted by molar-refractivity contribution is 5.77. The third-order valence-electron chi connectivity index (χ3n) is 4.44. The largest absolute Gasteiger partial charge is 0.481 e. The molecule has 0 radical (unpaired) electrons. The molecule has 2 atom stereocenters. The van der Waals surface area contributed by atoms with Crippen molar-refractivity contribution in [2.45, 2.75) is 58.8 Å². The summed E-state index contributed by atoms with van der Waals surface area (Å²) in [5.74, 6) is -1.40. The third kappa shape index (κ3) is 5.21. The molecule has 0 amide bonds. The minimum atomic E-state index is -1.02. The fraction of sp³-hybridized carbons (Fsp3) is 0.867. The Morgan fingerprint density at radius 3 is 2.11 bits per heavy atom. The molecule has 0 aromatic carbocycles. The molecule has 0 heterocycles. The van der Waals surface area contributed by atoms with E-state index in [9.17, 15) is 14.7 Å². The molecule has 0 aromatic heterocycles. The Labute approximate surface area is 115 Å². The van der Waals surface area contributed by atoms with Gasteiger partial charge in [-0.2, -0.15) is 0 Å². The van der Waals surface area contributed by atoms with Crippen molar-refractivity contribution in [3.8, 4) is 0 Å². The van der Waals surface area contributed by atoms with Gasteiger partial charge < -0.3 is 10.2 Å². The summed E-state index contributed by atoms with van der Waals surface area (Å²) in [4.78, 5) is 22.0. The summed E-state index contributed by atoms with van der Waals surface area (Å²) in [6.07, 6.45) is 6.31. The first-order valence-corrected chi connectivity index (χ1v) is 7.36. The molecular formula is C15H26O4. The van der Waals surface area contributed by atoms with E-state index in [0.717, 1.165) is 0 Å². The monoisotopic (exact) mass is 270 g/mol. The minimum absolute atomic E-state index is 0.259. The molecule has 1 saturated carbocycles. The first kappa shape index (κ1) is 16.0. The van der Waals surface area contributed by atoms with Crippen LogP contribution in [0.4, 0.5) is 0 Å². The molecule has 0 aliphatic heterocycles. The minimum Gasteiger partial charge on any atom is -0.481 e. The van der Waals surface area contributed by atoms with E-state index in [-0.39, 0.29) is 6.42 Å². The average molecular weight is 270 g/mol. The van der Waals surface area contributed by atoms with Gasteiger partial charge in [0, 0.05) is 0 Å². The van der Waals surface area contributed by atoms with E-state index in [1.165, 1.54) is 32.1 Å². The number of hydrogen-bond donors (Lipinski definition) is 2. The highest BCUT2D eigenvalue weighted by atomic mass is 16.4. The summed E-state index contributed by atoms with van der Waals surface area (Å²) in [6, 6.07) is 0. The number of carboxylic acid groups (broad SMARTS) is 2. The molecule has 1 aliphatic rings. The molecule has 4 heteroatoms. The van der Waals surface area contributed by atoms with E-state index in [1.54, 1.807) is 0 Å². The van der Waals surface area contributed by atoms with Gasteiger partial charge in [-0.25, -0.2) is 0 Å². The van der Waals surface area contributed by atoms with Crippen molar-refractivity contribution < 1.29 is 19.8 Å². The molecule has 1 rings (SSSR count). The van der Waals surface area contributed by atoms with Gasteiger partial charge in [-0.15, -0.1) is 0 Å². The van der Waals surface area contributed by atoms with Gasteiger partial charge in [-0.3, -0.25) is 9.59 Å². The van der Waals surface area contributed by atoms with E-state index in [0.29, 0.717) is 24.2 Å². The maximum absolute atomic E-state index is 11.2. The van der Waals surface area contributed by atoms with Crippen molar-refractivity contribution in [1.29, 1.82) is 0 Å². The first-order valence-electron chi connectivity index (χ1n) is 7.36. The zero-order chi connectivity index (χ0) is 14.4. The van der Waals surface area contributed by atoms with Gasteiger partial charge in [0.15, 0.2) is 0 Å². The second-order valence-electron chi connectivity index (χ2n) is 6.17. The van der Waals surface area contributed by atoms with Gasteiger partial charge in [0.1, 0.15) is 0 Å². The van der Waals surface area contributed by atoms with Crippen LogP contribution in [-0.2, 0) is 9.59 Å². The van der Waals surface area contributed by atoms with E-state index < -0.39 is 17.9 Å². The molecule has 0 spiro atoms. The number of aliphatic carboxylic acids is 2. The van der Waals surface area contributed by atoms with Gasteiger partial charge in [0.25, 0.3) is 0 Å². The van der Waals surface area contributed by atoms with Gasteiger partial charge in [-0.1, -0.05) is 46.0 Å². The number of hydrogen-bond acceptors (Lipinski definition) is 2. The lowest BCUT2D eigenvalue weighted by molar-refractivity contribution is -0.149. The Morgan fingerprint density at radius 1 is 1.11 bits per heavy atom. The number of carboxylic acids is 2. The van der Waals surface area contributed by atoms with Crippen LogP contribution in [0.2, 0.25) is 0 Å². The van der Waals surface area contributed by atoms with Crippen LogP contribution in [-0.4, -0.2) is 22.2 Å². The first-order chi connectivity index (χ1) is 8.91. The van der Waals surface area contributed by atoms with Crippen LogP contribution in [0, 0.1) is 23.7 Å². The summed E-state index contributed by atoms with van der Waals surface area (Å²) in [6.45, 7) is 4.25. The lowest BCUT2D eigenvalue weighted by atomic mass is 9.71. The van der Waals surface area contributed by atoms with Crippen molar-refractivity contribution >= 4 is 11.9 Å².